The monoisotopic (exact) mass is 280 g/mol. The van der Waals surface area contributed by atoms with E-state index in [4.69, 9.17) is 4.42 Å². The van der Waals surface area contributed by atoms with Crippen LogP contribution in [0.25, 0.3) is 6.08 Å². The van der Waals surface area contributed by atoms with Crippen molar-refractivity contribution in [2.75, 3.05) is 0 Å². The van der Waals surface area contributed by atoms with Gasteiger partial charge in [0.15, 0.2) is 0 Å². The summed E-state index contributed by atoms with van der Waals surface area (Å²) < 4.78 is 5.20. The van der Waals surface area contributed by atoms with Crippen molar-refractivity contribution in [3.8, 4) is 0 Å². The fourth-order valence-corrected chi connectivity index (χ4v) is 2.29. The number of benzene rings is 1. The Morgan fingerprint density at radius 1 is 1.19 bits per heavy atom. The first-order valence-corrected chi connectivity index (χ1v) is 6.91. The Labute approximate surface area is 123 Å². The summed E-state index contributed by atoms with van der Waals surface area (Å²) >= 11 is 0. The van der Waals surface area contributed by atoms with Crippen LogP contribution in [0.4, 0.5) is 0 Å². The first kappa shape index (κ1) is 13.4. The van der Waals surface area contributed by atoms with Gasteiger partial charge in [-0.3, -0.25) is 4.79 Å². The maximum Gasteiger partial charge on any atom is 0.275 e. The molecule has 0 aliphatic carbocycles. The van der Waals surface area contributed by atoms with E-state index in [2.05, 4.69) is 29.4 Å². The second-order valence-electron chi connectivity index (χ2n) is 4.98. The van der Waals surface area contributed by atoms with Gasteiger partial charge in [-0.1, -0.05) is 24.3 Å². The summed E-state index contributed by atoms with van der Waals surface area (Å²) in [5.74, 6) is 1.16. The van der Waals surface area contributed by atoms with Gasteiger partial charge in [0.2, 0.25) is 0 Å². The number of carbonyl (C=O) groups excluding carboxylic acids is 1. The summed E-state index contributed by atoms with van der Waals surface area (Å²) in [7, 11) is 0. The largest absolute Gasteiger partial charge is 0.465 e. The maximum absolute atomic E-state index is 11.9. The number of nitrogens with zero attached hydrogens (tertiary/aromatic N) is 1. The lowest BCUT2D eigenvalue weighted by atomic mass is 10.0. The molecule has 1 aromatic carbocycles. The van der Waals surface area contributed by atoms with Gasteiger partial charge in [-0.2, -0.15) is 0 Å². The van der Waals surface area contributed by atoms with Gasteiger partial charge in [-0.05, 0) is 36.6 Å². The van der Waals surface area contributed by atoms with Crippen LogP contribution in [0.2, 0.25) is 0 Å². The molecule has 4 heteroatoms. The van der Waals surface area contributed by atoms with Crippen LogP contribution in [0, 0.1) is 6.92 Å². The minimum Gasteiger partial charge on any atom is -0.465 e. The smallest absolute Gasteiger partial charge is 0.275 e. The van der Waals surface area contributed by atoms with Crippen molar-refractivity contribution < 1.29 is 9.21 Å². The van der Waals surface area contributed by atoms with Crippen molar-refractivity contribution in [1.82, 2.24) is 5.32 Å². The van der Waals surface area contributed by atoms with Gasteiger partial charge in [0, 0.05) is 12.5 Å². The maximum atomic E-state index is 11.9. The number of hydrogen-bond acceptors (Lipinski definition) is 3. The Morgan fingerprint density at radius 2 is 2.05 bits per heavy atom. The Kier molecular flexibility index (Phi) is 3.69. The molecule has 4 nitrogen and oxygen atoms in total. The number of amidine groups is 1. The van der Waals surface area contributed by atoms with E-state index in [0.29, 0.717) is 23.7 Å². The van der Waals surface area contributed by atoms with Gasteiger partial charge in [0.05, 0.1) is 6.26 Å². The van der Waals surface area contributed by atoms with Crippen molar-refractivity contribution in [1.29, 1.82) is 0 Å². The molecule has 0 fully saturated rings. The number of hydrogen-bond donors (Lipinski definition) is 1. The fraction of sp³-hybridized carbons (Fsp3) is 0.176. The Balaban J connectivity index is 1.70. The normalized spacial score (nSPS) is 16.1. The number of carbonyl (C=O) groups is 1. The summed E-state index contributed by atoms with van der Waals surface area (Å²) in [6.45, 7) is 2.09. The molecular weight excluding hydrogens is 264 g/mol. The van der Waals surface area contributed by atoms with Crippen molar-refractivity contribution in [2.45, 2.75) is 19.8 Å². The number of furan rings is 1. The Bertz CT molecular complexity index is 712. The molecule has 0 saturated carbocycles. The summed E-state index contributed by atoms with van der Waals surface area (Å²) in [6.07, 6.45) is 4.80. The van der Waals surface area contributed by atoms with Crippen molar-refractivity contribution >= 4 is 17.8 Å². The Hall–Kier alpha value is -2.62. The number of amides is 1. The van der Waals surface area contributed by atoms with E-state index in [1.165, 1.54) is 11.1 Å². The third-order valence-corrected chi connectivity index (χ3v) is 3.46. The molecule has 21 heavy (non-hydrogen) atoms. The minimum absolute atomic E-state index is 0.175. The van der Waals surface area contributed by atoms with Gasteiger partial charge in [-0.25, -0.2) is 4.99 Å². The summed E-state index contributed by atoms with van der Waals surface area (Å²) in [4.78, 5) is 16.2. The van der Waals surface area contributed by atoms with Gasteiger partial charge in [0.25, 0.3) is 5.91 Å². The molecule has 1 aliphatic heterocycles. The molecule has 0 atom stereocenters. The summed E-state index contributed by atoms with van der Waals surface area (Å²) in [5.41, 5.74) is 2.93. The van der Waals surface area contributed by atoms with E-state index in [1.54, 1.807) is 24.5 Å². The van der Waals surface area contributed by atoms with Crippen LogP contribution in [-0.2, 0) is 11.2 Å². The predicted octanol–water partition coefficient (Wildman–Crippen LogP) is 3.09. The molecule has 106 valence electrons. The number of aliphatic imine (C=N–C) groups is 1. The van der Waals surface area contributed by atoms with Crippen LogP contribution in [0.5, 0.6) is 0 Å². The summed E-state index contributed by atoms with van der Waals surface area (Å²) in [5, 5.41) is 2.81. The molecule has 0 bridgehead atoms. The Morgan fingerprint density at radius 3 is 2.81 bits per heavy atom. The van der Waals surface area contributed by atoms with E-state index in [9.17, 15) is 4.79 Å². The molecule has 0 unspecified atom stereocenters. The average molecular weight is 280 g/mol. The second-order valence-corrected chi connectivity index (χ2v) is 4.98. The van der Waals surface area contributed by atoms with Crippen LogP contribution in [-0.4, -0.2) is 11.7 Å². The molecule has 0 spiro atoms. The molecule has 3 rings (SSSR count). The lowest BCUT2D eigenvalue weighted by molar-refractivity contribution is -0.115. The van der Waals surface area contributed by atoms with E-state index >= 15 is 0 Å². The van der Waals surface area contributed by atoms with Crippen molar-refractivity contribution in [3.63, 3.8) is 0 Å². The van der Waals surface area contributed by atoms with E-state index in [0.717, 1.165) is 6.42 Å². The highest BCUT2D eigenvalue weighted by Crippen LogP contribution is 2.15. The number of rotatable bonds is 4. The van der Waals surface area contributed by atoms with E-state index in [-0.39, 0.29) is 5.91 Å². The molecule has 1 N–H and O–H groups in total. The first-order valence-electron chi connectivity index (χ1n) is 6.91. The quantitative estimate of drug-likeness (QED) is 0.875. The minimum atomic E-state index is -0.175. The number of nitrogens with one attached hydrogen (secondary N) is 1. The SMILES string of the molecule is Cc1ccccc1CCC1=N/C(=C/c2ccco2)C(=O)N1. The highest BCUT2D eigenvalue weighted by Gasteiger charge is 2.20. The fourth-order valence-electron chi connectivity index (χ4n) is 2.29. The van der Waals surface area contributed by atoms with Gasteiger partial charge < -0.3 is 9.73 Å². The molecule has 1 amide bonds. The molecule has 2 aromatic rings. The first-order chi connectivity index (χ1) is 10.2. The van der Waals surface area contributed by atoms with Crippen molar-refractivity contribution in [3.05, 3.63) is 65.2 Å². The van der Waals surface area contributed by atoms with Gasteiger partial charge >= 0.3 is 0 Å². The van der Waals surface area contributed by atoms with Gasteiger partial charge in [0.1, 0.15) is 17.3 Å². The van der Waals surface area contributed by atoms with Crippen LogP contribution in [0.15, 0.2) is 57.8 Å². The zero-order chi connectivity index (χ0) is 14.7. The highest BCUT2D eigenvalue weighted by molar-refractivity contribution is 6.14. The zero-order valence-corrected chi connectivity index (χ0v) is 11.8. The van der Waals surface area contributed by atoms with Crippen LogP contribution >= 0.6 is 0 Å². The molecule has 0 saturated heterocycles. The van der Waals surface area contributed by atoms with E-state index in [1.807, 2.05) is 12.1 Å². The van der Waals surface area contributed by atoms with Gasteiger partial charge in [-0.15, -0.1) is 0 Å². The zero-order valence-electron chi connectivity index (χ0n) is 11.8. The third-order valence-electron chi connectivity index (χ3n) is 3.46. The molecule has 2 heterocycles. The second kappa shape index (κ2) is 5.79. The molecule has 0 radical (unpaired) electrons. The van der Waals surface area contributed by atoms with Crippen LogP contribution < -0.4 is 5.32 Å². The van der Waals surface area contributed by atoms with Crippen LogP contribution in [0.3, 0.4) is 0 Å². The summed E-state index contributed by atoms with van der Waals surface area (Å²) in [6, 6.07) is 11.8. The third kappa shape index (κ3) is 3.11. The molecule has 1 aliphatic rings. The predicted molar refractivity (Wildman–Crippen MR) is 81.8 cm³/mol. The number of aryl methyl sites for hydroxylation is 2. The topological polar surface area (TPSA) is 54.6 Å². The van der Waals surface area contributed by atoms with Crippen molar-refractivity contribution in [2.24, 2.45) is 4.99 Å². The molecular formula is C17H16N2O2. The average Bonchev–Trinajstić information content (AvgIpc) is 3.09. The van der Waals surface area contributed by atoms with Crippen LogP contribution in [0.1, 0.15) is 23.3 Å². The lowest BCUT2D eigenvalue weighted by Crippen LogP contribution is -2.24. The van der Waals surface area contributed by atoms with E-state index < -0.39 is 0 Å². The molecule has 1 aromatic heterocycles. The lowest BCUT2D eigenvalue weighted by Gasteiger charge is -2.04. The standard InChI is InChI=1S/C17H16N2O2/c1-12-5-2-3-6-13(12)8-9-16-18-15(17(20)19-16)11-14-7-4-10-21-14/h2-7,10-11H,8-9H2,1H3,(H,18,19,20)/b15-11+. The highest BCUT2D eigenvalue weighted by atomic mass is 16.3.